The Morgan fingerprint density at radius 1 is 0.879 bits per heavy atom. The fourth-order valence-electron chi connectivity index (χ4n) is 9.95. The molecular formula is C46H58N8O4. The zero-order valence-electron chi connectivity index (χ0n) is 34.9. The number of carbonyl (C=O) groups excluding carboxylic acids is 3. The van der Waals surface area contributed by atoms with E-state index in [1.54, 1.807) is 6.20 Å². The number of hydrogen-bond donors (Lipinski definition) is 3. The molecule has 4 aliphatic rings. The van der Waals surface area contributed by atoms with Gasteiger partial charge in [-0.25, -0.2) is 0 Å². The average molecular weight is 787 g/mol. The Morgan fingerprint density at radius 3 is 2.14 bits per heavy atom. The van der Waals surface area contributed by atoms with Crippen molar-refractivity contribution in [3.8, 4) is 11.8 Å². The van der Waals surface area contributed by atoms with Gasteiger partial charge in [0.1, 0.15) is 23.6 Å². The molecule has 3 saturated heterocycles. The molecule has 4 fully saturated rings. The predicted octanol–water partition coefficient (Wildman–Crippen LogP) is 5.74. The van der Waals surface area contributed by atoms with E-state index in [9.17, 15) is 19.6 Å². The van der Waals surface area contributed by atoms with Gasteiger partial charge in [0.05, 0.1) is 11.6 Å². The molecule has 3 amide bonds. The van der Waals surface area contributed by atoms with Crippen molar-refractivity contribution in [1.82, 2.24) is 25.8 Å². The zero-order chi connectivity index (χ0) is 41.4. The molecule has 0 radical (unpaired) electrons. The quantitative estimate of drug-likeness (QED) is 0.235. The third-order valence-electron chi connectivity index (χ3n) is 13.0. The number of carbonyl (C=O) groups is 3. The van der Waals surface area contributed by atoms with Crippen molar-refractivity contribution in [2.24, 2.45) is 16.7 Å². The molecule has 0 spiro atoms. The number of nitriles is 1. The van der Waals surface area contributed by atoms with Crippen LogP contribution in [0.5, 0.6) is 5.75 Å². The van der Waals surface area contributed by atoms with Crippen LogP contribution in [0, 0.1) is 41.9 Å². The highest BCUT2D eigenvalue weighted by Crippen LogP contribution is 2.55. The number of pyridine rings is 1. The largest absolute Gasteiger partial charge is 0.489 e. The van der Waals surface area contributed by atoms with E-state index in [2.05, 4.69) is 88.1 Å². The maximum atomic E-state index is 13.6. The summed E-state index contributed by atoms with van der Waals surface area (Å²) in [7, 11) is 0. The van der Waals surface area contributed by atoms with Crippen LogP contribution >= 0.6 is 0 Å². The van der Waals surface area contributed by atoms with Crippen LogP contribution in [0.4, 0.5) is 11.4 Å². The molecule has 0 bridgehead atoms. The Morgan fingerprint density at radius 2 is 1.52 bits per heavy atom. The first-order valence-corrected chi connectivity index (χ1v) is 20.7. The molecule has 306 valence electrons. The summed E-state index contributed by atoms with van der Waals surface area (Å²) >= 11 is 0. The number of amides is 3. The third-order valence-corrected chi connectivity index (χ3v) is 13.0. The van der Waals surface area contributed by atoms with Gasteiger partial charge in [-0.1, -0.05) is 34.3 Å². The monoisotopic (exact) mass is 786 g/mol. The van der Waals surface area contributed by atoms with Crippen molar-refractivity contribution in [1.29, 1.82) is 5.26 Å². The summed E-state index contributed by atoms with van der Waals surface area (Å²) in [4.78, 5) is 50.3. The van der Waals surface area contributed by atoms with Crippen molar-refractivity contribution >= 4 is 29.1 Å². The Hall–Kier alpha value is -5.41. The number of allylic oxidation sites excluding steroid dienone is 1. The fraction of sp³-hybridized carbons (Fsp3) is 0.500. The lowest BCUT2D eigenvalue weighted by Gasteiger charge is -2.63. The summed E-state index contributed by atoms with van der Waals surface area (Å²) in [5.74, 6) is 0.735. The summed E-state index contributed by atoms with van der Waals surface area (Å²) in [5.41, 5.74) is 5.65. The van der Waals surface area contributed by atoms with Crippen molar-refractivity contribution in [3.05, 3.63) is 95.0 Å². The average Bonchev–Trinajstić information content (AvgIpc) is 3.20. The number of aryl methyl sites for hydroxylation is 2. The predicted molar refractivity (Wildman–Crippen MR) is 226 cm³/mol. The van der Waals surface area contributed by atoms with Crippen molar-refractivity contribution in [3.63, 3.8) is 0 Å². The second kappa shape index (κ2) is 16.5. The van der Waals surface area contributed by atoms with Gasteiger partial charge < -0.3 is 30.5 Å². The van der Waals surface area contributed by atoms with E-state index in [1.165, 1.54) is 0 Å². The lowest BCUT2D eigenvalue weighted by Crippen LogP contribution is -2.74. The third kappa shape index (κ3) is 8.42. The van der Waals surface area contributed by atoms with E-state index in [4.69, 9.17) is 4.74 Å². The molecule has 2 aromatic carbocycles. The number of aromatic nitrogens is 1. The molecular weight excluding hydrogens is 729 g/mol. The Labute approximate surface area is 343 Å². The standard InChI is InChI=1S/C46H58N8O4/c1-29-24-36(25-30(2)37(29)27-47)58-44-45(4,5)43(46(44,6)7)51-40(55)33-9-11-34(12-10-33)53-18-15-32(16-19-53)28-52-20-22-54(23-21-52)35-14-17-48-39(26-35)42(57)50-38-13-8-31(3)49-41(38)56/h9-12,14,17,24-26,32,38,43-44H,3,8,13,15-16,18-23,28H2,1-2,4-7H3,(H,49,56)(H,50,57)(H,51,55). The first-order chi connectivity index (χ1) is 27.6. The molecule has 12 heteroatoms. The van der Waals surface area contributed by atoms with Gasteiger partial charge in [-0.2, -0.15) is 5.26 Å². The maximum Gasteiger partial charge on any atom is 0.270 e. The summed E-state index contributed by atoms with van der Waals surface area (Å²) in [6.45, 7) is 23.0. The van der Waals surface area contributed by atoms with E-state index in [1.807, 2.05) is 50.2 Å². The fourth-order valence-corrected chi connectivity index (χ4v) is 9.95. The van der Waals surface area contributed by atoms with Gasteiger partial charge in [-0.3, -0.25) is 24.3 Å². The van der Waals surface area contributed by atoms with Crippen molar-refractivity contribution < 1.29 is 19.1 Å². The number of nitrogens with zero attached hydrogens (tertiary/aromatic N) is 5. The normalized spacial score (nSPS) is 23.3. The minimum absolute atomic E-state index is 0.0767. The molecule has 3 N–H and O–H groups in total. The number of piperazine rings is 1. The molecule has 1 atom stereocenters. The number of piperidine rings is 2. The molecule has 3 aliphatic heterocycles. The van der Waals surface area contributed by atoms with E-state index < -0.39 is 6.04 Å². The number of benzene rings is 2. The minimum Gasteiger partial charge on any atom is -0.489 e. The molecule has 1 unspecified atom stereocenters. The van der Waals surface area contributed by atoms with Crippen LogP contribution in [0.1, 0.15) is 90.9 Å². The molecule has 58 heavy (non-hydrogen) atoms. The molecule has 1 aromatic heterocycles. The highest BCUT2D eigenvalue weighted by Gasteiger charge is 2.64. The molecule has 12 nitrogen and oxygen atoms in total. The molecule has 3 aromatic rings. The summed E-state index contributed by atoms with van der Waals surface area (Å²) in [6.07, 6.45) is 4.97. The lowest BCUT2D eigenvalue weighted by molar-refractivity contribution is -0.164. The Bertz CT molecular complexity index is 2050. The van der Waals surface area contributed by atoms with Crippen LogP contribution in [-0.2, 0) is 4.79 Å². The van der Waals surface area contributed by atoms with E-state index in [0.717, 1.165) is 86.9 Å². The minimum atomic E-state index is -0.579. The van der Waals surface area contributed by atoms with Crippen LogP contribution < -0.4 is 30.5 Å². The summed E-state index contributed by atoms with van der Waals surface area (Å²) < 4.78 is 6.55. The molecule has 4 heterocycles. The van der Waals surface area contributed by atoms with Gasteiger partial charge >= 0.3 is 0 Å². The van der Waals surface area contributed by atoms with Gasteiger partial charge in [0.25, 0.3) is 11.8 Å². The smallest absolute Gasteiger partial charge is 0.270 e. The van der Waals surface area contributed by atoms with E-state index in [0.29, 0.717) is 41.3 Å². The van der Waals surface area contributed by atoms with E-state index >= 15 is 0 Å². The van der Waals surface area contributed by atoms with Gasteiger partial charge in [0.2, 0.25) is 5.91 Å². The van der Waals surface area contributed by atoms with E-state index in [-0.39, 0.29) is 40.7 Å². The Kier molecular flexibility index (Phi) is 11.6. The molecule has 7 rings (SSSR count). The van der Waals surface area contributed by atoms with Crippen molar-refractivity contribution in [2.75, 3.05) is 55.6 Å². The number of ether oxygens (including phenoxy) is 1. The molecule has 1 saturated carbocycles. The van der Waals surface area contributed by atoms with Gasteiger partial charge in [0.15, 0.2) is 0 Å². The SMILES string of the molecule is C=C1CCC(NC(=O)c2cc(N3CCN(CC4CCN(c5ccc(C(=O)NC6C(C)(C)C(Oc7cc(C)c(C#N)c(C)c7)C6(C)C)cc5)CC4)CC3)ccn2)C(=O)N1. The first kappa shape index (κ1) is 40.8. The maximum absolute atomic E-state index is 13.6. The van der Waals surface area contributed by atoms with Crippen LogP contribution in [0.25, 0.3) is 0 Å². The highest BCUT2D eigenvalue weighted by molar-refractivity contribution is 5.97. The number of anilines is 2. The number of hydrogen-bond acceptors (Lipinski definition) is 9. The van der Waals surface area contributed by atoms with Gasteiger partial charge in [-0.05, 0) is 105 Å². The van der Waals surface area contributed by atoms with Gasteiger partial charge in [-0.15, -0.1) is 0 Å². The Balaban J connectivity index is 0.850. The van der Waals surface area contributed by atoms with Crippen LogP contribution in [0.15, 0.2) is 67.0 Å². The lowest BCUT2D eigenvalue weighted by atomic mass is 9.49. The second-order valence-electron chi connectivity index (χ2n) is 17.9. The summed E-state index contributed by atoms with van der Waals surface area (Å²) in [6, 6.07) is 17.3. The van der Waals surface area contributed by atoms with Crippen LogP contribution in [0.3, 0.4) is 0 Å². The molecule has 1 aliphatic carbocycles. The number of nitrogens with one attached hydrogen (secondary N) is 3. The summed E-state index contributed by atoms with van der Waals surface area (Å²) in [5, 5.41) is 18.4. The first-order valence-electron chi connectivity index (χ1n) is 20.7. The number of rotatable bonds is 10. The zero-order valence-corrected chi connectivity index (χ0v) is 34.9. The van der Waals surface area contributed by atoms with Crippen LogP contribution in [-0.4, -0.2) is 91.6 Å². The topological polar surface area (TPSA) is 143 Å². The van der Waals surface area contributed by atoms with Crippen LogP contribution in [0.2, 0.25) is 0 Å². The second-order valence-corrected chi connectivity index (χ2v) is 17.9. The van der Waals surface area contributed by atoms with Crippen molar-refractivity contribution in [2.45, 2.75) is 85.4 Å². The van der Waals surface area contributed by atoms with Gasteiger partial charge in [0, 0.05) is 91.5 Å². The highest BCUT2D eigenvalue weighted by atomic mass is 16.5.